The number of rotatable bonds is 3. The minimum atomic E-state index is -0.686. The number of hydrogen-bond acceptors (Lipinski definition) is 2. The Morgan fingerprint density at radius 1 is 1.07 bits per heavy atom. The van der Waals surface area contributed by atoms with E-state index in [2.05, 4.69) is 4.90 Å². The summed E-state index contributed by atoms with van der Waals surface area (Å²) in [6, 6.07) is 0. The summed E-state index contributed by atoms with van der Waals surface area (Å²) >= 11 is 0. The van der Waals surface area contributed by atoms with E-state index in [1.165, 1.54) is 38.5 Å². The van der Waals surface area contributed by atoms with Gasteiger partial charge in [-0.2, -0.15) is 0 Å². The normalized spacial score (nSPS) is 25.9. The smallest absolute Gasteiger partial charge is 0.317 e. The molecule has 0 spiro atoms. The molecule has 15 heavy (non-hydrogen) atoms. The predicted octanol–water partition coefficient (Wildman–Crippen LogP) is 1.97. The molecule has 0 bridgehead atoms. The Morgan fingerprint density at radius 2 is 1.60 bits per heavy atom. The van der Waals surface area contributed by atoms with E-state index in [1.807, 2.05) is 0 Å². The van der Waals surface area contributed by atoms with Crippen LogP contribution >= 0.6 is 0 Å². The summed E-state index contributed by atoms with van der Waals surface area (Å²) in [6.07, 6.45) is 8.11. The van der Waals surface area contributed by atoms with Crippen LogP contribution in [0.1, 0.15) is 38.5 Å². The maximum atomic E-state index is 10.6. The quantitative estimate of drug-likeness (QED) is 0.776. The van der Waals surface area contributed by atoms with E-state index < -0.39 is 5.97 Å². The van der Waals surface area contributed by atoms with Crippen molar-refractivity contribution in [3.05, 3.63) is 0 Å². The molecule has 1 saturated heterocycles. The Labute approximate surface area is 91.5 Å². The molecule has 0 amide bonds. The summed E-state index contributed by atoms with van der Waals surface area (Å²) in [4.78, 5) is 12.6. The number of hydrogen-bond donors (Lipinski definition) is 1. The van der Waals surface area contributed by atoms with E-state index >= 15 is 0 Å². The largest absolute Gasteiger partial charge is 0.480 e. The van der Waals surface area contributed by atoms with Gasteiger partial charge >= 0.3 is 5.97 Å². The van der Waals surface area contributed by atoms with Crippen molar-refractivity contribution in [1.29, 1.82) is 0 Å². The third-order valence-electron chi connectivity index (χ3n) is 4.06. The van der Waals surface area contributed by atoms with Crippen LogP contribution < -0.4 is 0 Å². The zero-order valence-corrected chi connectivity index (χ0v) is 9.32. The standard InChI is InChI=1S/C12H21NO2/c14-12(15)9-13-7-5-11(6-8-13)10-3-1-2-4-10/h10-11H,1-9H2,(H,14,15). The summed E-state index contributed by atoms with van der Waals surface area (Å²) < 4.78 is 0. The summed E-state index contributed by atoms with van der Waals surface area (Å²) in [5.74, 6) is 1.16. The number of carboxylic acids is 1. The van der Waals surface area contributed by atoms with Gasteiger partial charge in [0.15, 0.2) is 0 Å². The SMILES string of the molecule is O=C(O)CN1CCC(C2CCCC2)CC1. The summed E-state index contributed by atoms with van der Waals surface area (Å²) in [5.41, 5.74) is 0. The Kier molecular flexibility index (Phi) is 3.62. The van der Waals surface area contributed by atoms with Gasteiger partial charge in [-0.25, -0.2) is 0 Å². The van der Waals surface area contributed by atoms with E-state index in [9.17, 15) is 4.79 Å². The van der Waals surface area contributed by atoms with Crippen LogP contribution in [0.2, 0.25) is 0 Å². The molecular formula is C12H21NO2. The highest BCUT2D eigenvalue weighted by Crippen LogP contribution is 2.36. The molecule has 3 heteroatoms. The minimum absolute atomic E-state index is 0.234. The number of carbonyl (C=O) groups is 1. The van der Waals surface area contributed by atoms with E-state index in [4.69, 9.17) is 5.11 Å². The first-order valence-corrected chi connectivity index (χ1v) is 6.20. The van der Waals surface area contributed by atoms with Gasteiger partial charge in [0, 0.05) is 0 Å². The fraction of sp³-hybridized carbons (Fsp3) is 0.917. The van der Waals surface area contributed by atoms with Crippen LogP contribution in [0.4, 0.5) is 0 Å². The molecule has 1 aliphatic heterocycles. The lowest BCUT2D eigenvalue weighted by Crippen LogP contribution is -2.38. The summed E-state index contributed by atoms with van der Waals surface area (Å²) in [5, 5.41) is 8.70. The summed E-state index contributed by atoms with van der Waals surface area (Å²) in [7, 11) is 0. The van der Waals surface area contributed by atoms with Crippen molar-refractivity contribution in [1.82, 2.24) is 4.90 Å². The van der Waals surface area contributed by atoms with Crippen LogP contribution in [0.3, 0.4) is 0 Å². The van der Waals surface area contributed by atoms with Gasteiger partial charge in [0.1, 0.15) is 0 Å². The third-order valence-corrected chi connectivity index (χ3v) is 4.06. The maximum absolute atomic E-state index is 10.6. The molecule has 2 aliphatic rings. The lowest BCUT2D eigenvalue weighted by atomic mass is 9.83. The molecule has 2 fully saturated rings. The van der Waals surface area contributed by atoms with Crippen molar-refractivity contribution in [3.8, 4) is 0 Å². The monoisotopic (exact) mass is 211 g/mol. The maximum Gasteiger partial charge on any atom is 0.317 e. The van der Waals surface area contributed by atoms with Gasteiger partial charge < -0.3 is 5.11 Å². The van der Waals surface area contributed by atoms with Crippen molar-refractivity contribution in [2.75, 3.05) is 19.6 Å². The topological polar surface area (TPSA) is 40.5 Å². The van der Waals surface area contributed by atoms with E-state index in [-0.39, 0.29) is 6.54 Å². The Bertz CT molecular complexity index is 216. The predicted molar refractivity (Wildman–Crippen MR) is 58.8 cm³/mol. The molecular weight excluding hydrogens is 190 g/mol. The second-order valence-corrected chi connectivity index (χ2v) is 5.05. The molecule has 0 aromatic carbocycles. The third kappa shape index (κ3) is 2.94. The van der Waals surface area contributed by atoms with E-state index in [1.54, 1.807) is 0 Å². The lowest BCUT2D eigenvalue weighted by molar-refractivity contribution is -0.138. The second kappa shape index (κ2) is 4.97. The van der Waals surface area contributed by atoms with Gasteiger partial charge in [0.05, 0.1) is 6.54 Å². The number of aliphatic carboxylic acids is 1. The lowest BCUT2D eigenvalue weighted by Gasteiger charge is -2.33. The van der Waals surface area contributed by atoms with E-state index in [0.29, 0.717) is 0 Å². The number of carboxylic acid groups (broad SMARTS) is 1. The number of likely N-dealkylation sites (tertiary alicyclic amines) is 1. The molecule has 3 nitrogen and oxygen atoms in total. The van der Waals surface area contributed by atoms with Gasteiger partial charge in [-0.15, -0.1) is 0 Å². The highest BCUT2D eigenvalue weighted by molar-refractivity contribution is 5.69. The van der Waals surface area contributed by atoms with Crippen LogP contribution in [0.25, 0.3) is 0 Å². The van der Waals surface area contributed by atoms with Gasteiger partial charge in [0.25, 0.3) is 0 Å². The van der Waals surface area contributed by atoms with Gasteiger partial charge in [0.2, 0.25) is 0 Å². The molecule has 86 valence electrons. The molecule has 1 aliphatic carbocycles. The molecule has 0 atom stereocenters. The molecule has 1 heterocycles. The number of piperidine rings is 1. The summed E-state index contributed by atoms with van der Waals surface area (Å²) in [6.45, 7) is 2.22. The fourth-order valence-electron chi connectivity index (χ4n) is 3.20. The zero-order valence-electron chi connectivity index (χ0n) is 9.32. The molecule has 0 aromatic rings. The second-order valence-electron chi connectivity index (χ2n) is 5.05. The zero-order chi connectivity index (χ0) is 10.7. The highest BCUT2D eigenvalue weighted by atomic mass is 16.4. The van der Waals surface area contributed by atoms with Crippen molar-refractivity contribution >= 4 is 5.97 Å². The van der Waals surface area contributed by atoms with Gasteiger partial charge in [-0.05, 0) is 37.8 Å². The van der Waals surface area contributed by atoms with Crippen LogP contribution in [0.5, 0.6) is 0 Å². The molecule has 0 unspecified atom stereocenters. The van der Waals surface area contributed by atoms with Crippen LogP contribution in [0, 0.1) is 11.8 Å². The molecule has 0 radical (unpaired) electrons. The van der Waals surface area contributed by atoms with Crippen molar-refractivity contribution in [2.24, 2.45) is 11.8 Å². The Hall–Kier alpha value is -0.570. The fourth-order valence-corrected chi connectivity index (χ4v) is 3.20. The van der Waals surface area contributed by atoms with Crippen molar-refractivity contribution < 1.29 is 9.90 Å². The van der Waals surface area contributed by atoms with Crippen molar-refractivity contribution in [3.63, 3.8) is 0 Å². The molecule has 0 aromatic heterocycles. The first-order valence-electron chi connectivity index (χ1n) is 6.20. The number of nitrogens with zero attached hydrogens (tertiary/aromatic N) is 1. The molecule has 2 rings (SSSR count). The van der Waals surface area contributed by atoms with Crippen molar-refractivity contribution in [2.45, 2.75) is 38.5 Å². The first-order chi connectivity index (χ1) is 7.25. The van der Waals surface area contributed by atoms with Gasteiger partial charge in [-0.3, -0.25) is 9.69 Å². The molecule has 1 saturated carbocycles. The first kappa shape index (κ1) is 10.9. The van der Waals surface area contributed by atoms with Crippen LogP contribution in [-0.2, 0) is 4.79 Å². The average Bonchev–Trinajstić information content (AvgIpc) is 2.71. The molecule has 1 N–H and O–H groups in total. The highest BCUT2D eigenvalue weighted by Gasteiger charge is 2.28. The minimum Gasteiger partial charge on any atom is -0.480 e. The Balaban J connectivity index is 1.73. The van der Waals surface area contributed by atoms with E-state index in [0.717, 1.165) is 24.9 Å². The average molecular weight is 211 g/mol. The Morgan fingerprint density at radius 3 is 2.13 bits per heavy atom. The van der Waals surface area contributed by atoms with Crippen LogP contribution in [0.15, 0.2) is 0 Å². The van der Waals surface area contributed by atoms with Gasteiger partial charge in [-0.1, -0.05) is 25.7 Å². The van der Waals surface area contributed by atoms with Crippen LogP contribution in [-0.4, -0.2) is 35.6 Å².